The lowest BCUT2D eigenvalue weighted by molar-refractivity contribution is 0.246. The normalized spacial score (nSPS) is 21.2. The van der Waals surface area contributed by atoms with Gasteiger partial charge in [0, 0.05) is 19.6 Å². The summed E-state index contributed by atoms with van der Waals surface area (Å²) in [6, 6.07) is 8.25. The van der Waals surface area contributed by atoms with E-state index in [1.54, 1.807) is 0 Å². The summed E-state index contributed by atoms with van der Waals surface area (Å²) in [5, 5.41) is 3.60. The number of benzene rings is 1. The number of ether oxygens (including phenoxy) is 1. The highest BCUT2D eigenvalue weighted by Crippen LogP contribution is 2.27. The van der Waals surface area contributed by atoms with Crippen LogP contribution in [0.25, 0.3) is 0 Å². The molecule has 1 unspecified atom stereocenters. The zero-order valence-electron chi connectivity index (χ0n) is 20.0. The standard InChI is InChI=1S/C26H44N4O/c1-21-8-7-16-30(18-21)25(28-20-26(2,3)19-27)29-23-11-13-24(14-12-23)31-17-15-22-9-5-4-6-10-22/h11-14,21-22H,4-10,15-20,27H2,1-3H3,(H,28,29). The maximum absolute atomic E-state index is 6.02. The Hall–Kier alpha value is -1.75. The van der Waals surface area contributed by atoms with Gasteiger partial charge >= 0.3 is 0 Å². The molecule has 1 aliphatic heterocycles. The van der Waals surface area contributed by atoms with E-state index in [0.29, 0.717) is 12.5 Å². The van der Waals surface area contributed by atoms with Crippen LogP contribution in [0.3, 0.4) is 0 Å². The highest BCUT2D eigenvalue weighted by Gasteiger charge is 2.22. The van der Waals surface area contributed by atoms with Gasteiger partial charge in [0.15, 0.2) is 5.96 Å². The van der Waals surface area contributed by atoms with Crippen molar-refractivity contribution in [2.45, 2.75) is 72.1 Å². The van der Waals surface area contributed by atoms with E-state index in [0.717, 1.165) is 49.6 Å². The lowest BCUT2D eigenvalue weighted by atomic mass is 9.87. The predicted octanol–water partition coefficient (Wildman–Crippen LogP) is 5.33. The molecule has 1 heterocycles. The van der Waals surface area contributed by atoms with Crippen LogP contribution in [0.5, 0.6) is 5.75 Å². The van der Waals surface area contributed by atoms with Gasteiger partial charge < -0.3 is 20.7 Å². The lowest BCUT2D eigenvalue weighted by Gasteiger charge is -2.35. The van der Waals surface area contributed by atoms with Crippen LogP contribution >= 0.6 is 0 Å². The third-order valence-electron chi connectivity index (χ3n) is 6.83. The van der Waals surface area contributed by atoms with Crippen molar-refractivity contribution < 1.29 is 4.74 Å². The summed E-state index contributed by atoms with van der Waals surface area (Å²) in [6.07, 6.45) is 10.7. The second kappa shape index (κ2) is 11.8. The van der Waals surface area contributed by atoms with Crippen LogP contribution in [0, 0.1) is 17.3 Å². The first kappa shape index (κ1) is 23.9. The molecule has 2 fully saturated rings. The number of aliphatic imine (C=N–C) groups is 1. The van der Waals surface area contributed by atoms with Crippen molar-refractivity contribution in [3.63, 3.8) is 0 Å². The number of nitrogens with zero attached hydrogens (tertiary/aromatic N) is 2. The molecule has 1 saturated heterocycles. The molecule has 2 aliphatic rings. The molecule has 5 heteroatoms. The number of likely N-dealkylation sites (tertiary alicyclic amines) is 1. The maximum Gasteiger partial charge on any atom is 0.199 e. The molecule has 0 radical (unpaired) electrons. The van der Waals surface area contributed by atoms with Crippen molar-refractivity contribution >= 4 is 11.6 Å². The number of nitrogens with two attached hydrogens (primary N) is 1. The first-order valence-corrected chi connectivity index (χ1v) is 12.5. The number of rotatable bonds is 8. The Balaban J connectivity index is 1.59. The molecule has 1 atom stereocenters. The minimum Gasteiger partial charge on any atom is -0.494 e. The Bertz CT molecular complexity index is 679. The Morgan fingerprint density at radius 3 is 2.55 bits per heavy atom. The molecule has 0 bridgehead atoms. The molecule has 174 valence electrons. The second-order valence-electron chi connectivity index (χ2n) is 10.5. The molecular weight excluding hydrogens is 384 g/mol. The van der Waals surface area contributed by atoms with Gasteiger partial charge in [0.2, 0.25) is 0 Å². The van der Waals surface area contributed by atoms with Crippen molar-refractivity contribution in [1.29, 1.82) is 0 Å². The molecule has 3 N–H and O–H groups in total. The number of guanidine groups is 1. The molecule has 1 aromatic carbocycles. The van der Waals surface area contributed by atoms with Crippen LogP contribution in [0.1, 0.15) is 72.1 Å². The summed E-state index contributed by atoms with van der Waals surface area (Å²) in [6.45, 7) is 11.1. The number of hydrogen-bond donors (Lipinski definition) is 2. The van der Waals surface area contributed by atoms with Crippen LogP contribution in [-0.4, -0.2) is 43.6 Å². The van der Waals surface area contributed by atoms with Crippen LogP contribution in [0.4, 0.5) is 5.69 Å². The Morgan fingerprint density at radius 1 is 1.13 bits per heavy atom. The molecule has 5 nitrogen and oxygen atoms in total. The number of hydrogen-bond acceptors (Lipinski definition) is 3. The zero-order valence-corrected chi connectivity index (χ0v) is 20.0. The van der Waals surface area contributed by atoms with E-state index in [4.69, 9.17) is 15.5 Å². The summed E-state index contributed by atoms with van der Waals surface area (Å²) in [7, 11) is 0. The van der Waals surface area contributed by atoms with Gasteiger partial charge in [0.05, 0.1) is 12.3 Å². The van der Waals surface area contributed by atoms with E-state index in [9.17, 15) is 0 Å². The molecular formula is C26H44N4O. The SMILES string of the molecule is CC1CCCN(C(=Nc2ccc(OCCC3CCCCC3)cc2)NCC(C)(C)CN)C1. The minimum absolute atomic E-state index is 0.0399. The quantitative estimate of drug-likeness (QED) is 0.434. The van der Waals surface area contributed by atoms with Gasteiger partial charge in [0.1, 0.15) is 5.75 Å². The van der Waals surface area contributed by atoms with Crippen molar-refractivity contribution in [2.75, 3.05) is 32.8 Å². The zero-order chi connectivity index (χ0) is 22.1. The van der Waals surface area contributed by atoms with Crippen molar-refractivity contribution in [1.82, 2.24) is 10.2 Å². The van der Waals surface area contributed by atoms with Crippen molar-refractivity contribution in [2.24, 2.45) is 28.0 Å². The van der Waals surface area contributed by atoms with E-state index < -0.39 is 0 Å². The fourth-order valence-corrected chi connectivity index (χ4v) is 4.55. The first-order chi connectivity index (χ1) is 14.9. The summed E-state index contributed by atoms with van der Waals surface area (Å²) in [5.41, 5.74) is 6.95. The van der Waals surface area contributed by atoms with Gasteiger partial charge in [-0.1, -0.05) is 52.9 Å². The summed E-state index contributed by atoms with van der Waals surface area (Å²) < 4.78 is 6.02. The molecule has 3 rings (SSSR count). The Morgan fingerprint density at radius 2 is 1.87 bits per heavy atom. The fraction of sp³-hybridized carbons (Fsp3) is 0.731. The monoisotopic (exact) mass is 428 g/mol. The minimum atomic E-state index is 0.0399. The Labute approximate surface area is 189 Å². The lowest BCUT2D eigenvalue weighted by Crippen LogP contribution is -2.49. The molecule has 0 aromatic heterocycles. The van der Waals surface area contributed by atoms with E-state index in [1.807, 2.05) is 0 Å². The second-order valence-corrected chi connectivity index (χ2v) is 10.5. The van der Waals surface area contributed by atoms with Crippen LogP contribution < -0.4 is 15.8 Å². The van der Waals surface area contributed by atoms with Gasteiger partial charge in [-0.3, -0.25) is 0 Å². The smallest absolute Gasteiger partial charge is 0.199 e. The van der Waals surface area contributed by atoms with E-state index in [2.05, 4.69) is 55.3 Å². The first-order valence-electron chi connectivity index (χ1n) is 12.5. The van der Waals surface area contributed by atoms with E-state index >= 15 is 0 Å². The van der Waals surface area contributed by atoms with Gasteiger partial charge in [-0.05, 0) is 67.3 Å². The van der Waals surface area contributed by atoms with Crippen molar-refractivity contribution in [3.05, 3.63) is 24.3 Å². The predicted molar refractivity (Wildman–Crippen MR) is 131 cm³/mol. The average molecular weight is 429 g/mol. The molecule has 1 aliphatic carbocycles. The van der Waals surface area contributed by atoms with Crippen LogP contribution in [-0.2, 0) is 0 Å². The summed E-state index contributed by atoms with van der Waals surface area (Å²) >= 11 is 0. The number of nitrogens with one attached hydrogen (secondary N) is 1. The number of piperidine rings is 1. The highest BCUT2D eigenvalue weighted by molar-refractivity contribution is 5.83. The van der Waals surface area contributed by atoms with Gasteiger partial charge in [-0.15, -0.1) is 0 Å². The van der Waals surface area contributed by atoms with E-state index in [1.165, 1.54) is 51.4 Å². The molecule has 1 aromatic rings. The third kappa shape index (κ3) is 8.03. The molecule has 1 saturated carbocycles. The summed E-state index contributed by atoms with van der Waals surface area (Å²) in [5.74, 6) is 3.47. The molecule has 0 amide bonds. The van der Waals surface area contributed by atoms with Gasteiger partial charge in [-0.2, -0.15) is 0 Å². The average Bonchev–Trinajstić information content (AvgIpc) is 2.78. The highest BCUT2D eigenvalue weighted by atomic mass is 16.5. The summed E-state index contributed by atoms with van der Waals surface area (Å²) in [4.78, 5) is 7.38. The Kier molecular flexibility index (Phi) is 9.06. The van der Waals surface area contributed by atoms with E-state index in [-0.39, 0.29) is 5.41 Å². The topological polar surface area (TPSA) is 62.9 Å². The molecule has 0 spiro atoms. The van der Waals surface area contributed by atoms with Crippen molar-refractivity contribution in [3.8, 4) is 5.75 Å². The van der Waals surface area contributed by atoms with Gasteiger partial charge in [-0.25, -0.2) is 4.99 Å². The van der Waals surface area contributed by atoms with Gasteiger partial charge in [0.25, 0.3) is 0 Å². The largest absolute Gasteiger partial charge is 0.494 e. The van der Waals surface area contributed by atoms with Crippen LogP contribution in [0.2, 0.25) is 0 Å². The van der Waals surface area contributed by atoms with Crippen LogP contribution in [0.15, 0.2) is 29.3 Å². The third-order valence-corrected chi connectivity index (χ3v) is 6.83. The molecule has 31 heavy (non-hydrogen) atoms. The maximum atomic E-state index is 6.02. The fourth-order valence-electron chi connectivity index (χ4n) is 4.55.